The Morgan fingerprint density at radius 2 is 1.83 bits per heavy atom. The number of halogens is 3. The zero-order chi connectivity index (χ0) is 29.9. The van der Waals surface area contributed by atoms with Crippen molar-refractivity contribution in [1.82, 2.24) is 29.7 Å². The van der Waals surface area contributed by atoms with Crippen molar-refractivity contribution < 1.29 is 27.4 Å². The number of amides is 1. The number of fused-ring (bicyclic) bond motifs is 1. The highest BCUT2D eigenvalue weighted by atomic mass is 19.4. The highest BCUT2D eigenvalue weighted by Gasteiger charge is 2.29. The molecule has 42 heavy (non-hydrogen) atoms. The quantitative estimate of drug-likeness (QED) is 0.283. The molecule has 0 bridgehead atoms. The molecule has 3 aromatic heterocycles. The molecule has 1 aromatic carbocycles. The van der Waals surface area contributed by atoms with Crippen molar-refractivity contribution >= 4 is 28.9 Å². The van der Waals surface area contributed by atoms with E-state index in [1.807, 2.05) is 32.9 Å². The van der Waals surface area contributed by atoms with E-state index in [2.05, 4.69) is 30.2 Å². The van der Waals surface area contributed by atoms with E-state index in [1.165, 1.54) is 12.4 Å². The molecule has 4 aromatic rings. The van der Waals surface area contributed by atoms with Gasteiger partial charge in [-0.3, -0.25) is 9.88 Å². The molecule has 5 rings (SSSR count). The van der Waals surface area contributed by atoms with E-state index in [0.717, 1.165) is 18.7 Å². The molecule has 13 heteroatoms. The van der Waals surface area contributed by atoms with Crippen molar-refractivity contribution in [2.24, 2.45) is 0 Å². The highest BCUT2D eigenvalue weighted by Crippen LogP contribution is 2.32. The summed E-state index contributed by atoms with van der Waals surface area (Å²) in [5, 5.41) is 3.20. The summed E-state index contributed by atoms with van der Waals surface area (Å²) in [7, 11) is 0. The Bertz CT molecular complexity index is 1540. The number of nitrogens with zero attached hydrogens (tertiary/aromatic N) is 5. The van der Waals surface area contributed by atoms with Crippen LogP contribution in [0.1, 0.15) is 26.3 Å². The van der Waals surface area contributed by atoms with Gasteiger partial charge in [0.05, 0.1) is 17.2 Å². The molecule has 4 heterocycles. The van der Waals surface area contributed by atoms with E-state index in [0.29, 0.717) is 53.6 Å². The third-order valence-corrected chi connectivity index (χ3v) is 6.47. The minimum atomic E-state index is -4.46. The lowest BCUT2D eigenvalue weighted by atomic mass is 10.1. The maximum absolute atomic E-state index is 12.7. The molecule has 1 fully saturated rings. The van der Waals surface area contributed by atoms with Gasteiger partial charge in [0.25, 0.3) is 0 Å². The average Bonchev–Trinajstić information content (AvgIpc) is 3.33. The van der Waals surface area contributed by atoms with Crippen LogP contribution in [0.15, 0.2) is 55.0 Å². The zero-order valence-electron chi connectivity index (χ0n) is 23.5. The van der Waals surface area contributed by atoms with Crippen LogP contribution >= 0.6 is 0 Å². The molecule has 0 saturated carbocycles. The molecule has 1 amide bonds. The summed E-state index contributed by atoms with van der Waals surface area (Å²) in [6.45, 7) is 7.54. The SMILES string of the molecule is CC(C)(C)OC(=O)N1CCN(Cc2ccnc(Nc3nc4ccc(-c5ccncc5OCC(F)(F)F)cc4[nH]3)c2)CC1. The van der Waals surface area contributed by atoms with Crippen molar-refractivity contribution in [2.75, 3.05) is 38.1 Å². The van der Waals surface area contributed by atoms with Gasteiger partial charge >= 0.3 is 12.3 Å². The van der Waals surface area contributed by atoms with Crippen LogP contribution in [0, 0.1) is 0 Å². The van der Waals surface area contributed by atoms with Gasteiger partial charge in [0.1, 0.15) is 17.2 Å². The van der Waals surface area contributed by atoms with Crippen LogP contribution in [-0.4, -0.2) is 80.4 Å². The molecular formula is C29H32F3N7O3. The van der Waals surface area contributed by atoms with E-state index < -0.39 is 18.4 Å². The second kappa shape index (κ2) is 11.8. The minimum absolute atomic E-state index is 0.0410. The Labute approximate surface area is 240 Å². The molecule has 1 aliphatic heterocycles. The number of benzene rings is 1. The molecule has 2 N–H and O–H groups in total. The molecule has 0 unspecified atom stereocenters. The number of H-pyrrole nitrogens is 1. The van der Waals surface area contributed by atoms with Gasteiger partial charge in [-0.05, 0) is 62.2 Å². The van der Waals surface area contributed by atoms with E-state index in [-0.39, 0.29) is 11.8 Å². The normalized spacial score (nSPS) is 14.7. The van der Waals surface area contributed by atoms with Gasteiger partial charge in [-0.15, -0.1) is 0 Å². The molecular weight excluding hydrogens is 551 g/mol. The number of rotatable bonds is 7. The monoisotopic (exact) mass is 583 g/mol. The number of hydrogen-bond acceptors (Lipinski definition) is 8. The van der Waals surface area contributed by atoms with Gasteiger partial charge in [-0.1, -0.05) is 6.07 Å². The number of alkyl halides is 3. The van der Waals surface area contributed by atoms with Crippen molar-refractivity contribution in [1.29, 1.82) is 0 Å². The molecule has 222 valence electrons. The van der Waals surface area contributed by atoms with Gasteiger partial charge in [0, 0.05) is 50.7 Å². The zero-order valence-corrected chi connectivity index (χ0v) is 23.5. The summed E-state index contributed by atoms with van der Waals surface area (Å²) in [4.78, 5) is 32.4. The summed E-state index contributed by atoms with van der Waals surface area (Å²) < 4.78 is 48.6. The largest absolute Gasteiger partial charge is 0.482 e. The number of anilines is 2. The van der Waals surface area contributed by atoms with E-state index in [4.69, 9.17) is 9.47 Å². The molecule has 1 saturated heterocycles. The fourth-order valence-electron chi connectivity index (χ4n) is 4.56. The third kappa shape index (κ3) is 7.66. The summed E-state index contributed by atoms with van der Waals surface area (Å²) in [5.74, 6) is 1.12. The second-order valence-corrected chi connectivity index (χ2v) is 11.0. The lowest BCUT2D eigenvalue weighted by molar-refractivity contribution is -0.153. The first-order valence-electron chi connectivity index (χ1n) is 13.5. The van der Waals surface area contributed by atoms with Crippen LogP contribution in [0.3, 0.4) is 0 Å². The van der Waals surface area contributed by atoms with E-state index >= 15 is 0 Å². The highest BCUT2D eigenvalue weighted by molar-refractivity contribution is 5.85. The Morgan fingerprint density at radius 1 is 1.05 bits per heavy atom. The first-order valence-corrected chi connectivity index (χ1v) is 13.5. The fourth-order valence-corrected chi connectivity index (χ4v) is 4.56. The first-order chi connectivity index (χ1) is 19.9. The Kier molecular flexibility index (Phi) is 8.21. The summed E-state index contributed by atoms with van der Waals surface area (Å²) in [5.41, 5.74) is 3.04. The molecule has 0 radical (unpaired) electrons. The van der Waals surface area contributed by atoms with Crippen molar-refractivity contribution in [2.45, 2.75) is 39.1 Å². The number of aromatic amines is 1. The number of aromatic nitrogens is 4. The van der Waals surface area contributed by atoms with Crippen LogP contribution in [-0.2, 0) is 11.3 Å². The molecule has 10 nitrogen and oxygen atoms in total. The predicted molar refractivity (Wildman–Crippen MR) is 151 cm³/mol. The van der Waals surface area contributed by atoms with Crippen LogP contribution < -0.4 is 10.1 Å². The van der Waals surface area contributed by atoms with Crippen LogP contribution in [0.2, 0.25) is 0 Å². The van der Waals surface area contributed by atoms with Gasteiger partial charge in [0.2, 0.25) is 5.95 Å². The minimum Gasteiger partial charge on any atom is -0.482 e. The standard InChI is InChI=1S/C29H32F3N7O3/c1-28(2,3)42-27(40)39-12-10-38(11-13-39)17-19-6-9-34-25(14-19)37-26-35-22-5-4-20(15-23(22)36-26)21-7-8-33-16-24(21)41-18-29(30,31)32/h4-9,14-16H,10-13,17-18H2,1-3H3,(H2,34,35,36,37). The van der Waals surface area contributed by atoms with Crippen molar-refractivity contribution in [3.63, 3.8) is 0 Å². The number of imidazole rings is 1. The van der Waals surface area contributed by atoms with E-state index in [9.17, 15) is 18.0 Å². The summed E-state index contributed by atoms with van der Waals surface area (Å²) >= 11 is 0. The number of nitrogens with one attached hydrogen (secondary N) is 2. The maximum Gasteiger partial charge on any atom is 0.422 e. The van der Waals surface area contributed by atoms with Gasteiger partial charge in [-0.25, -0.2) is 14.8 Å². The first kappa shape index (κ1) is 29.1. The van der Waals surface area contributed by atoms with Gasteiger partial charge in [0.15, 0.2) is 6.61 Å². The lowest BCUT2D eigenvalue weighted by Crippen LogP contribution is -2.49. The number of carbonyl (C=O) groups is 1. The Balaban J connectivity index is 1.23. The predicted octanol–water partition coefficient (Wildman–Crippen LogP) is 5.76. The van der Waals surface area contributed by atoms with Crippen molar-refractivity contribution in [3.05, 3.63) is 60.6 Å². The Hall–Kier alpha value is -4.39. The lowest BCUT2D eigenvalue weighted by Gasteiger charge is -2.35. The number of carbonyl (C=O) groups excluding carboxylic acids is 1. The van der Waals surface area contributed by atoms with Crippen LogP contribution in [0.4, 0.5) is 29.7 Å². The number of ether oxygens (including phenoxy) is 2. The molecule has 0 aliphatic carbocycles. The topological polar surface area (TPSA) is 108 Å². The number of pyridine rings is 2. The fraction of sp³-hybridized carbons (Fsp3) is 0.379. The van der Waals surface area contributed by atoms with Crippen LogP contribution in [0.25, 0.3) is 22.2 Å². The van der Waals surface area contributed by atoms with E-state index in [1.54, 1.807) is 35.4 Å². The van der Waals surface area contributed by atoms with Gasteiger partial charge in [-0.2, -0.15) is 13.2 Å². The third-order valence-electron chi connectivity index (χ3n) is 6.47. The summed E-state index contributed by atoms with van der Waals surface area (Å²) in [6.07, 6.45) is -0.249. The van der Waals surface area contributed by atoms with Crippen LogP contribution in [0.5, 0.6) is 5.75 Å². The van der Waals surface area contributed by atoms with Gasteiger partial charge < -0.3 is 24.7 Å². The average molecular weight is 584 g/mol. The second-order valence-electron chi connectivity index (χ2n) is 11.0. The van der Waals surface area contributed by atoms with Crippen molar-refractivity contribution in [3.8, 4) is 16.9 Å². The number of piperazine rings is 1. The molecule has 0 spiro atoms. The smallest absolute Gasteiger partial charge is 0.422 e. The molecule has 1 aliphatic rings. The number of hydrogen-bond donors (Lipinski definition) is 2. The summed E-state index contributed by atoms with van der Waals surface area (Å²) in [6, 6.07) is 10.8. The molecule has 0 atom stereocenters. The Morgan fingerprint density at radius 3 is 2.57 bits per heavy atom. The maximum atomic E-state index is 12.7.